The van der Waals surface area contributed by atoms with Gasteiger partial charge in [-0.25, -0.2) is 0 Å². The van der Waals surface area contributed by atoms with E-state index in [4.69, 9.17) is 9.73 Å². The molecule has 0 radical (unpaired) electrons. The van der Waals surface area contributed by atoms with Crippen molar-refractivity contribution < 1.29 is 4.74 Å². The molecule has 5 nitrogen and oxygen atoms in total. The Morgan fingerprint density at radius 2 is 2.00 bits per heavy atom. The zero-order valence-corrected chi connectivity index (χ0v) is 18.5. The summed E-state index contributed by atoms with van der Waals surface area (Å²) in [4.78, 5) is 14.6. The van der Waals surface area contributed by atoms with Crippen molar-refractivity contribution in [3.05, 3.63) is 53.9 Å². The lowest BCUT2D eigenvalue weighted by Crippen LogP contribution is -2.35. The molecular weight excluding hydrogens is 380 g/mol. The van der Waals surface area contributed by atoms with Gasteiger partial charge >= 0.3 is 0 Å². The van der Waals surface area contributed by atoms with E-state index in [2.05, 4.69) is 59.8 Å². The van der Waals surface area contributed by atoms with Crippen molar-refractivity contribution in [3.8, 4) is 5.75 Å². The highest BCUT2D eigenvalue weighted by atomic mass is 32.2. The van der Waals surface area contributed by atoms with E-state index in [9.17, 15) is 0 Å². The molecule has 154 valence electrons. The van der Waals surface area contributed by atoms with Crippen LogP contribution in [0.2, 0.25) is 0 Å². The Bertz CT molecular complexity index is 868. The average molecular weight is 411 g/mol. The van der Waals surface area contributed by atoms with E-state index >= 15 is 0 Å². The molecule has 3 heterocycles. The van der Waals surface area contributed by atoms with Gasteiger partial charge in [0.2, 0.25) is 0 Å². The minimum Gasteiger partial charge on any atom is -0.496 e. The number of thioether (sulfide) groups is 1. The highest BCUT2D eigenvalue weighted by Crippen LogP contribution is 2.50. The van der Waals surface area contributed by atoms with Gasteiger partial charge in [-0.15, -0.1) is 0 Å². The van der Waals surface area contributed by atoms with Gasteiger partial charge in [0, 0.05) is 48.4 Å². The van der Waals surface area contributed by atoms with Crippen LogP contribution in [0.25, 0.3) is 0 Å². The number of ether oxygens (including phenoxy) is 1. The number of methoxy groups -OCH3 is 1. The molecule has 29 heavy (non-hydrogen) atoms. The van der Waals surface area contributed by atoms with Gasteiger partial charge in [-0.1, -0.05) is 30.8 Å². The summed E-state index contributed by atoms with van der Waals surface area (Å²) >= 11 is 1.87. The van der Waals surface area contributed by atoms with E-state index < -0.39 is 0 Å². The minimum atomic E-state index is -0.0127. The molecule has 0 unspecified atom stereocenters. The molecule has 1 aromatic heterocycles. The van der Waals surface area contributed by atoms with E-state index in [1.165, 1.54) is 11.3 Å². The SMILES string of the molecule is CC[C@@H]1CSC2=N[C@H](c3ccccn3)[C@@H](c3ccc(N(CC)CC)cc3OC)N21. The standard InChI is InChI=1S/C23H30N4OS/c1-5-16-15-29-23-25-21(19-10-8-9-13-24-19)22(27(16)23)18-12-11-17(14-20(18)28-4)26(6-2)7-3/h8-14,16,21-22H,5-7,15H2,1-4H3/t16-,21-,22-/m1/s1. The number of hydrogen-bond donors (Lipinski definition) is 0. The van der Waals surface area contributed by atoms with E-state index in [0.29, 0.717) is 6.04 Å². The smallest absolute Gasteiger partial charge is 0.160 e. The van der Waals surface area contributed by atoms with Crippen LogP contribution in [-0.4, -0.2) is 47.0 Å². The zero-order chi connectivity index (χ0) is 20.4. The Hall–Kier alpha value is -2.21. The Labute approximate surface area is 178 Å². The Balaban J connectivity index is 1.79. The average Bonchev–Trinajstić information content (AvgIpc) is 3.34. The number of hydrogen-bond acceptors (Lipinski definition) is 6. The van der Waals surface area contributed by atoms with Crippen LogP contribution in [0.15, 0.2) is 47.6 Å². The van der Waals surface area contributed by atoms with Crippen LogP contribution in [0.5, 0.6) is 5.75 Å². The van der Waals surface area contributed by atoms with Crippen LogP contribution in [0.1, 0.15) is 50.5 Å². The van der Waals surface area contributed by atoms with Gasteiger partial charge in [0.25, 0.3) is 0 Å². The van der Waals surface area contributed by atoms with E-state index in [1.54, 1.807) is 7.11 Å². The molecule has 0 aliphatic carbocycles. The first-order valence-electron chi connectivity index (χ1n) is 10.5. The molecule has 3 atom stereocenters. The predicted octanol–water partition coefficient (Wildman–Crippen LogP) is 4.92. The third-order valence-corrected chi connectivity index (χ3v) is 7.12. The summed E-state index contributed by atoms with van der Waals surface area (Å²) in [7, 11) is 1.77. The van der Waals surface area contributed by atoms with Gasteiger partial charge in [-0.05, 0) is 38.5 Å². The van der Waals surface area contributed by atoms with Crippen molar-refractivity contribution in [1.29, 1.82) is 0 Å². The highest BCUT2D eigenvalue weighted by Gasteiger charge is 2.46. The van der Waals surface area contributed by atoms with Crippen molar-refractivity contribution in [3.63, 3.8) is 0 Å². The molecule has 4 rings (SSSR count). The first-order chi connectivity index (χ1) is 14.2. The third kappa shape index (κ3) is 3.59. The molecule has 2 aromatic rings. The molecule has 0 amide bonds. The van der Waals surface area contributed by atoms with Crippen LogP contribution in [0.3, 0.4) is 0 Å². The monoisotopic (exact) mass is 410 g/mol. The van der Waals surface area contributed by atoms with Crippen LogP contribution in [0, 0.1) is 0 Å². The maximum atomic E-state index is 5.91. The number of aromatic nitrogens is 1. The van der Waals surface area contributed by atoms with Crippen molar-refractivity contribution in [2.75, 3.05) is 30.9 Å². The molecule has 0 bridgehead atoms. The molecule has 1 saturated heterocycles. The van der Waals surface area contributed by atoms with Gasteiger partial charge < -0.3 is 14.5 Å². The molecule has 6 heteroatoms. The summed E-state index contributed by atoms with van der Waals surface area (Å²) in [5, 5.41) is 1.15. The summed E-state index contributed by atoms with van der Waals surface area (Å²) in [5.74, 6) is 2.03. The van der Waals surface area contributed by atoms with Crippen molar-refractivity contribution in [2.24, 2.45) is 4.99 Å². The zero-order valence-electron chi connectivity index (χ0n) is 17.7. The van der Waals surface area contributed by atoms with Gasteiger partial charge in [-0.2, -0.15) is 0 Å². The Morgan fingerprint density at radius 1 is 1.17 bits per heavy atom. The number of fused-ring (bicyclic) bond motifs is 1. The maximum absolute atomic E-state index is 5.91. The maximum Gasteiger partial charge on any atom is 0.160 e. The Morgan fingerprint density at radius 3 is 2.66 bits per heavy atom. The molecule has 0 saturated carbocycles. The second kappa shape index (κ2) is 8.66. The molecule has 1 fully saturated rings. The fraction of sp³-hybridized carbons (Fsp3) is 0.478. The Kier molecular flexibility index (Phi) is 5.99. The quantitative estimate of drug-likeness (QED) is 0.648. The molecule has 2 aliphatic heterocycles. The van der Waals surface area contributed by atoms with E-state index in [1.807, 2.05) is 30.1 Å². The minimum absolute atomic E-state index is 0.0127. The summed E-state index contributed by atoms with van der Waals surface area (Å²) in [6.07, 6.45) is 2.97. The number of pyridine rings is 1. The molecule has 0 spiro atoms. The first kappa shape index (κ1) is 20.1. The van der Waals surface area contributed by atoms with Crippen LogP contribution in [-0.2, 0) is 0 Å². The molecule has 0 N–H and O–H groups in total. The summed E-state index contributed by atoms with van der Waals surface area (Å²) < 4.78 is 5.91. The largest absolute Gasteiger partial charge is 0.496 e. The fourth-order valence-electron chi connectivity index (χ4n) is 4.42. The first-order valence-corrected chi connectivity index (χ1v) is 11.5. The lowest BCUT2D eigenvalue weighted by Gasteiger charge is -2.33. The van der Waals surface area contributed by atoms with Crippen LogP contribution < -0.4 is 9.64 Å². The van der Waals surface area contributed by atoms with Crippen LogP contribution in [0.4, 0.5) is 5.69 Å². The number of aliphatic imine (C=N–C) groups is 1. The van der Waals surface area contributed by atoms with E-state index in [0.717, 1.165) is 41.9 Å². The van der Waals surface area contributed by atoms with Gasteiger partial charge in [0.15, 0.2) is 5.17 Å². The fourth-order valence-corrected chi connectivity index (χ4v) is 5.75. The number of benzene rings is 1. The summed E-state index contributed by atoms with van der Waals surface area (Å²) in [6.45, 7) is 8.59. The number of anilines is 1. The normalized spacial score (nSPS) is 23.1. The topological polar surface area (TPSA) is 41.0 Å². The summed E-state index contributed by atoms with van der Waals surface area (Å²) in [5.41, 5.74) is 3.41. The van der Waals surface area contributed by atoms with Gasteiger partial charge in [0.1, 0.15) is 11.8 Å². The number of rotatable bonds is 7. The van der Waals surface area contributed by atoms with Crippen molar-refractivity contribution in [2.45, 2.75) is 45.3 Å². The van der Waals surface area contributed by atoms with Crippen LogP contribution >= 0.6 is 11.8 Å². The van der Waals surface area contributed by atoms with Gasteiger partial charge in [-0.3, -0.25) is 9.98 Å². The predicted molar refractivity (Wildman–Crippen MR) is 122 cm³/mol. The molecular formula is C23H30N4OS. The van der Waals surface area contributed by atoms with Crippen molar-refractivity contribution in [1.82, 2.24) is 9.88 Å². The number of amidine groups is 1. The summed E-state index contributed by atoms with van der Waals surface area (Å²) in [6, 6.07) is 13.3. The number of nitrogens with zero attached hydrogens (tertiary/aromatic N) is 4. The van der Waals surface area contributed by atoms with Gasteiger partial charge in [0.05, 0.1) is 18.8 Å². The molecule has 2 aliphatic rings. The van der Waals surface area contributed by atoms with E-state index in [-0.39, 0.29) is 12.1 Å². The second-order valence-electron chi connectivity index (χ2n) is 7.43. The van der Waals surface area contributed by atoms with Crippen molar-refractivity contribution >= 4 is 22.6 Å². The highest BCUT2D eigenvalue weighted by molar-refractivity contribution is 8.14. The molecule has 1 aromatic carbocycles. The third-order valence-electron chi connectivity index (χ3n) is 5.99. The second-order valence-corrected chi connectivity index (χ2v) is 8.42. The lowest BCUT2D eigenvalue weighted by atomic mass is 9.94. The lowest BCUT2D eigenvalue weighted by molar-refractivity contribution is 0.249.